The Morgan fingerprint density at radius 1 is 1.30 bits per heavy atom. The Hall–Kier alpha value is -1.94. The fraction of sp³-hybridized carbons (Fsp3) is 0.300. The number of hydroxylamine groups is 2. The van der Waals surface area contributed by atoms with E-state index in [0.29, 0.717) is 5.06 Å². The van der Waals surface area contributed by atoms with Crippen molar-refractivity contribution in [1.29, 1.82) is 0 Å². The molecule has 0 aromatic rings. The molecule has 2 aliphatic heterocycles. The number of rotatable bonds is 4. The number of amides is 2. The molecule has 20 heavy (non-hydrogen) atoms. The first-order valence-electron chi connectivity index (χ1n) is 5.46. The number of hydrazine groups is 2. The van der Waals surface area contributed by atoms with Gasteiger partial charge in [-0.3, -0.25) is 14.8 Å². The first-order valence-corrected chi connectivity index (χ1v) is 5.46. The molecule has 0 aliphatic carbocycles. The number of carbonyl (C=O) groups excluding carboxylic acids is 2. The summed E-state index contributed by atoms with van der Waals surface area (Å²) in [6.07, 6.45) is 2.96. The van der Waals surface area contributed by atoms with Crippen molar-refractivity contribution in [3.05, 3.63) is 23.9 Å². The van der Waals surface area contributed by atoms with Gasteiger partial charge in [-0.25, -0.2) is 15.3 Å². The van der Waals surface area contributed by atoms with E-state index < -0.39 is 23.9 Å². The molecule has 2 rings (SSSR count). The van der Waals surface area contributed by atoms with E-state index in [9.17, 15) is 19.6 Å². The Morgan fingerprint density at radius 2 is 1.90 bits per heavy atom. The van der Waals surface area contributed by atoms with Gasteiger partial charge in [0.2, 0.25) is 11.8 Å². The van der Waals surface area contributed by atoms with Gasteiger partial charge in [0.15, 0.2) is 6.17 Å². The molecule has 2 heterocycles. The van der Waals surface area contributed by atoms with Crippen molar-refractivity contribution in [2.45, 2.75) is 19.0 Å². The molecule has 0 spiro atoms. The molecule has 0 aromatic heterocycles. The maximum atomic E-state index is 11.3. The zero-order valence-electron chi connectivity index (χ0n) is 10.1. The summed E-state index contributed by atoms with van der Waals surface area (Å²) < 4.78 is 0. The lowest BCUT2D eigenvalue weighted by Gasteiger charge is -2.29. The molecule has 1 saturated heterocycles. The molecule has 0 saturated carbocycles. The third kappa shape index (κ3) is 3.14. The molecule has 9 nitrogen and oxygen atoms in total. The van der Waals surface area contributed by atoms with Gasteiger partial charge < -0.3 is 5.11 Å². The summed E-state index contributed by atoms with van der Waals surface area (Å²) in [5, 5.41) is 19.9. The molecular weight excluding hydrogens is 292 g/mol. The van der Waals surface area contributed by atoms with E-state index in [2.05, 4.69) is 11.0 Å². The maximum absolute atomic E-state index is 11.3. The number of hydrogen-bond acceptors (Lipinski definition) is 7. The molecule has 4 N–H and O–H groups in total. The summed E-state index contributed by atoms with van der Waals surface area (Å²) in [5.74, 6) is -2.08. The van der Waals surface area contributed by atoms with Crippen molar-refractivity contribution in [1.82, 2.24) is 21.0 Å². The lowest BCUT2D eigenvalue weighted by Crippen LogP contribution is -2.58. The topological polar surface area (TPSA) is 122 Å². The van der Waals surface area contributed by atoms with Crippen LogP contribution in [-0.2, 0) is 14.4 Å². The molecule has 0 aromatic carbocycles. The molecule has 2 aliphatic rings. The fourth-order valence-electron chi connectivity index (χ4n) is 1.71. The third-order valence-electron chi connectivity index (χ3n) is 2.69. The summed E-state index contributed by atoms with van der Waals surface area (Å²) in [5.41, 5.74) is 4.58. The van der Waals surface area contributed by atoms with Crippen LogP contribution in [0.15, 0.2) is 23.9 Å². The van der Waals surface area contributed by atoms with Crippen LogP contribution in [0.1, 0.15) is 12.8 Å². The highest BCUT2D eigenvalue weighted by atomic mass is 35.5. The molecule has 10 heteroatoms. The number of hydrogen-bond donors (Lipinski definition) is 4. The van der Waals surface area contributed by atoms with E-state index in [1.807, 2.05) is 0 Å². The van der Waals surface area contributed by atoms with Crippen molar-refractivity contribution in [3.8, 4) is 0 Å². The van der Waals surface area contributed by atoms with Crippen molar-refractivity contribution in [2.24, 2.45) is 0 Å². The van der Waals surface area contributed by atoms with Gasteiger partial charge in [-0.05, 0) is 12.2 Å². The number of allylic oxidation sites excluding steroid dienone is 2. The minimum atomic E-state index is -1.23. The van der Waals surface area contributed by atoms with E-state index in [-0.39, 0.29) is 30.8 Å². The van der Waals surface area contributed by atoms with E-state index in [0.717, 1.165) is 5.01 Å². The van der Waals surface area contributed by atoms with Gasteiger partial charge in [-0.2, -0.15) is 10.5 Å². The minimum Gasteiger partial charge on any atom is -0.478 e. The number of nitrogens with one attached hydrogen (secondary N) is 2. The van der Waals surface area contributed by atoms with Crippen LogP contribution in [0.2, 0.25) is 0 Å². The molecule has 1 atom stereocenters. The Kier molecular flexibility index (Phi) is 5.22. The standard InChI is InChI=1S/C10H12N4O5.ClH/c15-7-3-4-8(16)14(7)12-11-9-6(10(17)18)2-1-5-13(9)19;/h1-2,5,9,11-12,19H,3-4H2,(H,17,18);1H. The Balaban J connectivity index is 0.00000200. The Bertz CT molecular complexity index is 476. The smallest absolute Gasteiger partial charge is 0.335 e. The molecule has 0 bridgehead atoms. The molecule has 110 valence electrons. The van der Waals surface area contributed by atoms with E-state index in [1.165, 1.54) is 18.4 Å². The van der Waals surface area contributed by atoms with Crippen molar-refractivity contribution >= 4 is 30.2 Å². The summed E-state index contributed by atoms with van der Waals surface area (Å²) in [6.45, 7) is 0. The maximum Gasteiger partial charge on any atom is 0.335 e. The van der Waals surface area contributed by atoms with Crippen molar-refractivity contribution < 1.29 is 24.7 Å². The SMILES string of the molecule is Cl.O=C(O)C1=CC=CN(O)C1NNN1C(=O)CCC1=O. The predicted octanol–water partition coefficient (Wildman–Crippen LogP) is -0.878. The van der Waals surface area contributed by atoms with Crippen molar-refractivity contribution in [3.63, 3.8) is 0 Å². The highest BCUT2D eigenvalue weighted by Crippen LogP contribution is 2.13. The minimum absolute atomic E-state index is 0. The molecule has 1 fully saturated rings. The van der Waals surface area contributed by atoms with Gasteiger partial charge in [-0.15, -0.1) is 12.4 Å². The fourth-order valence-corrected chi connectivity index (χ4v) is 1.71. The first kappa shape index (κ1) is 16.1. The quantitative estimate of drug-likeness (QED) is 0.390. The molecule has 2 amide bonds. The second-order valence-corrected chi connectivity index (χ2v) is 3.93. The van der Waals surface area contributed by atoms with Crippen LogP contribution in [0.25, 0.3) is 0 Å². The van der Waals surface area contributed by atoms with Gasteiger partial charge in [0.05, 0.1) is 5.57 Å². The molecule has 1 unspecified atom stereocenters. The van der Waals surface area contributed by atoms with Crippen LogP contribution in [0.5, 0.6) is 0 Å². The second-order valence-electron chi connectivity index (χ2n) is 3.93. The lowest BCUT2D eigenvalue weighted by molar-refractivity contribution is -0.147. The summed E-state index contributed by atoms with van der Waals surface area (Å²) in [7, 11) is 0. The van der Waals surface area contributed by atoms with Crippen molar-refractivity contribution in [2.75, 3.05) is 0 Å². The van der Waals surface area contributed by atoms with Gasteiger partial charge in [-0.1, -0.05) is 0 Å². The number of carbonyl (C=O) groups is 3. The zero-order valence-corrected chi connectivity index (χ0v) is 11.0. The zero-order chi connectivity index (χ0) is 14.0. The third-order valence-corrected chi connectivity index (χ3v) is 2.69. The van der Waals surface area contributed by atoms with Gasteiger partial charge in [0.25, 0.3) is 0 Å². The van der Waals surface area contributed by atoms with E-state index >= 15 is 0 Å². The van der Waals surface area contributed by atoms with Crippen LogP contribution in [0.3, 0.4) is 0 Å². The summed E-state index contributed by atoms with van der Waals surface area (Å²) in [6, 6.07) is 0. The van der Waals surface area contributed by atoms with Gasteiger partial charge >= 0.3 is 5.97 Å². The highest BCUT2D eigenvalue weighted by molar-refractivity contribution is 6.01. The molecular formula is C10H13ClN4O5. The number of nitrogens with zero attached hydrogens (tertiary/aromatic N) is 2. The lowest BCUT2D eigenvalue weighted by atomic mass is 10.1. The number of carboxylic acid groups (broad SMARTS) is 1. The highest BCUT2D eigenvalue weighted by Gasteiger charge is 2.32. The van der Waals surface area contributed by atoms with E-state index in [4.69, 9.17) is 5.11 Å². The Morgan fingerprint density at radius 3 is 2.45 bits per heavy atom. The first-order chi connectivity index (χ1) is 9.00. The van der Waals surface area contributed by atoms with Crippen LogP contribution >= 0.6 is 12.4 Å². The largest absolute Gasteiger partial charge is 0.478 e. The predicted molar refractivity (Wildman–Crippen MR) is 66.9 cm³/mol. The molecule has 0 radical (unpaired) electrons. The second kappa shape index (κ2) is 6.48. The summed E-state index contributed by atoms with van der Waals surface area (Å²) in [4.78, 5) is 33.7. The number of carboxylic acids is 1. The Labute approximate surface area is 119 Å². The van der Waals surface area contributed by atoms with Crippen LogP contribution in [0.4, 0.5) is 0 Å². The van der Waals surface area contributed by atoms with Gasteiger partial charge in [0.1, 0.15) is 0 Å². The number of imide groups is 1. The summed E-state index contributed by atoms with van der Waals surface area (Å²) >= 11 is 0. The van der Waals surface area contributed by atoms with Gasteiger partial charge in [0, 0.05) is 19.0 Å². The monoisotopic (exact) mass is 304 g/mol. The number of halogens is 1. The van der Waals surface area contributed by atoms with E-state index in [1.54, 1.807) is 0 Å². The average Bonchev–Trinajstić information content (AvgIpc) is 2.67. The average molecular weight is 305 g/mol. The normalized spacial score (nSPS) is 21.9. The van der Waals surface area contributed by atoms with Crippen LogP contribution in [0, 0.1) is 0 Å². The van der Waals surface area contributed by atoms with Crippen LogP contribution < -0.4 is 11.0 Å². The van der Waals surface area contributed by atoms with Crippen LogP contribution in [-0.4, -0.2) is 44.3 Å². The number of aliphatic carboxylic acids is 1.